The summed E-state index contributed by atoms with van der Waals surface area (Å²) < 4.78 is 8.71. The Kier molecular flexibility index (Phi) is 6.76. The Hall–Kier alpha value is -7.36. The normalized spacial score (nSPS) is 11.4. The van der Waals surface area contributed by atoms with Gasteiger partial charge in [-0.2, -0.15) is 5.26 Å². The van der Waals surface area contributed by atoms with E-state index in [2.05, 4.69) is 71.3 Å². The van der Waals surface area contributed by atoms with Crippen LogP contribution in [0, 0.1) is 11.3 Å². The van der Waals surface area contributed by atoms with Crippen molar-refractivity contribution in [3.8, 4) is 57.0 Å². The Morgan fingerprint density at radius 2 is 1.04 bits per heavy atom. The van der Waals surface area contributed by atoms with Gasteiger partial charge in [0.1, 0.15) is 11.2 Å². The summed E-state index contributed by atoms with van der Waals surface area (Å²) in [5.41, 5.74) is 10.0. The van der Waals surface area contributed by atoms with Crippen LogP contribution in [0.1, 0.15) is 5.56 Å². The maximum Gasteiger partial charge on any atom is 0.164 e. The lowest BCUT2D eigenvalue weighted by atomic mass is 9.99. The fourth-order valence-corrected chi connectivity index (χ4v) is 7.21. The van der Waals surface area contributed by atoms with Crippen molar-refractivity contribution in [3.05, 3.63) is 169 Å². The molecule has 0 radical (unpaired) electrons. The van der Waals surface area contributed by atoms with E-state index in [-0.39, 0.29) is 0 Å². The molecule has 6 heteroatoms. The second kappa shape index (κ2) is 11.9. The highest BCUT2D eigenvalue weighted by Crippen LogP contribution is 2.41. The molecular weight excluding hydrogens is 639 g/mol. The van der Waals surface area contributed by atoms with Crippen LogP contribution >= 0.6 is 0 Å². The highest BCUT2D eigenvalue weighted by molar-refractivity contribution is 6.17. The fraction of sp³-hybridized carbons (Fsp3) is 0. The van der Waals surface area contributed by atoms with Crippen LogP contribution in [0.4, 0.5) is 0 Å². The topological polar surface area (TPSA) is 80.5 Å². The van der Waals surface area contributed by atoms with Gasteiger partial charge in [0.2, 0.25) is 0 Å². The van der Waals surface area contributed by atoms with E-state index in [9.17, 15) is 5.26 Å². The Morgan fingerprint density at radius 3 is 1.73 bits per heavy atom. The summed E-state index contributed by atoms with van der Waals surface area (Å²) in [5, 5.41) is 14.1. The molecule has 0 aliphatic carbocycles. The minimum absolute atomic E-state index is 0.570. The van der Waals surface area contributed by atoms with Crippen LogP contribution in [-0.2, 0) is 0 Å². The molecule has 0 N–H and O–H groups in total. The maximum atomic E-state index is 9.63. The molecule has 10 rings (SSSR count). The number of fused-ring (bicyclic) bond motifs is 6. The van der Waals surface area contributed by atoms with Crippen molar-refractivity contribution >= 4 is 43.7 Å². The minimum Gasteiger partial charge on any atom is -0.456 e. The lowest BCUT2D eigenvalue weighted by Gasteiger charge is -2.16. The molecular formula is C46H27N5O. The van der Waals surface area contributed by atoms with Gasteiger partial charge in [-0.3, -0.25) is 0 Å². The van der Waals surface area contributed by atoms with Crippen molar-refractivity contribution in [2.75, 3.05) is 0 Å². The monoisotopic (exact) mass is 665 g/mol. The third-order valence-corrected chi connectivity index (χ3v) is 9.69. The molecule has 0 amide bonds. The summed E-state index contributed by atoms with van der Waals surface area (Å²) in [6.07, 6.45) is 0. The van der Waals surface area contributed by atoms with E-state index >= 15 is 0 Å². The van der Waals surface area contributed by atoms with Gasteiger partial charge in [0.15, 0.2) is 17.5 Å². The number of benzene rings is 7. The van der Waals surface area contributed by atoms with Crippen molar-refractivity contribution in [2.24, 2.45) is 0 Å². The van der Waals surface area contributed by atoms with Crippen molar-refractivity contribution in [1.29, 1.82) is 5.26 Å². The predicted molar refractivity (Wildman–Crippen MR) is 208 cm³/mol. The number of hydrogen-bond acceptors (Lipinski definition) is 5. The number of para-hydroxylation sites is 2. The second-order valence-corrected chi connectivity index (χ2v) is 12.8. The van der Waals surface area contributed by atoms with Gasteiger partial charge in [0.05, 0.1) is 28.4 Å². The second-order valence-electron chi connectivity index (χ2n) is 12.8. The summed E-state index contributed by atoms with van der Waals surface area (Å²) in [6, 6.07) is 57.5. The largest absolute Gasteiger partial charge is 0.456 e. The third-order valence-electron chi connectivity index (χ3n) is 9.69. The van der Waals surface area contributed by atoms with Crippen LogP contribution in [-0.4, -0.2) is 19.5 Å². The van der Waals surface area contributed by atoms with Crippen molar-refractivity contribution < 1.29 is 4.42 Å². The quantitative estimate of drug-likeness (QED) is 0.183. The van der Waals surface area contributed by atoms with Gasteiger partial charge in [0.25, 0.3) is 0 Å². The van der Waals surface area contributed by atoms with Gasteiger partial charge in [-0.15, -0.1) is 0 Å². The standard InChI is InChI=1S/C46H27N5O/c47-28-29-19-21-30(22-20-29)36-25-33(46-49-44(31-11-3-1-4-12-31)48-45(50-46)32-13-5-2-6-14-32)23-24-40(36)51-39-17-9-7-15-34(39)37-26-38-35-16-8-10-18-42(35)52-43(38)27-41(37)51/h1-27H. The SMILES string of the molecule is N#Cc1ccc(-c2cc(-c3nc(-c4ccccc4)nc(-c4ccccc4)n3)ccc2-n2c3ccccc3c3cc4c(cc32)oc2ccccc24)cc1. The molecule has 242 valence electrons. The van der Waals surface area contributed by atoms with Gasteiger partial charge >= 0.3 is 0 Å². The van der Waals surface area contributed by atoms with E-state index < -0.39 is 0 Å². The van der Waals surface area contributed by atoms with E-state index in [0.717, 1.165) is 77.2 Å². The van der Waals surface area contributed by atoms with Crippen molar-refractivity contribution in [2.45, 2.75) is 0 Å². The van der Waals surface area contributed by atoms with Gasteiger partial charge in [-0.05, 0) is 54.1 Å². The minimum atomic E-state index is 0.570. The first-order valence-corrected chi connectivity index (χ1v) is 17.1. The van der Waals surface area contributed by atoms with Crippen LogP contribution in [0.25, 0.3) is 94.7 Å². The first-order valence-electron chi connectivity index (χ1n) is 17.1. The van der Waals surface area contributed by atoms with E-state index in [1.165, 1.54) is 0 Å². The van der Waals surface area contributed by atoms with Crippen molar-refractivity contribution in [1.82, 2.24) is 19.5 Å². The van der Waals surface area contributed by atoms with Crippen molar-refractivity contribution in [3.63, 3.8) is 0 Å². The van der Waals surface area contributed by atoms with Crippen LogP contribution < -0.4 is 0 Å². The van der Waals surface area contributed by atoms with Crippen LogP contribution in [0.15, 0.2) is 168 Å². The highest BCUT2D eigenvalue weighted by Gasteiger charge is 2.20. The zero-order valence-electron chi connectivity index (χ0n) is 27.7. The number of nitrogens with zero attached hydrogens (tertiary/aromatic N) is 5. The summed E-state index contributed by atoms with van der Waals surface area (Å²) in [4.78, 5) is 14.9. The highest BCUT2D eigenvalue weighted by atomic mass is 16.3. The van der Waals surface area contributed by atoms with Gasteiger partial charge in [-0.25, -0.2) is 15.0 Å². The molecule has 0 bridgehead atoms. The fourth-order valence-electron chi connectivity index (χ4n) is 7.21. The Bertz CT molecular complexity index is 2950. The van der Waals surface area contributed by atoms with E-state index in [1.54, 1.807) is 0 Å². The van der Waals surface area contributed by atoms with E-state index in [4.69, 9.17) is 19.4 Å². The van der Waals surface area contributed by atoms with Gasteiger partial charge in [0, 0.05) is 49.9 Å². The average molecular weight is 666 g/mol. The van der Waals surface area contributed by atoms with E-state index in [0.29, 0.717) is 23.0 Å². The van der Waals surface area contributed by atoms with Crippen LogP contribution in [0.5, 0.6) is 0 Å². The number of rotatable bonds is 5. The number of aromatic nitrogens is 4. The van der Waals surface area contributed by atoms with Crippen LogP contribution in [0.3, 0.4) is 0 Å². The molecule has 6 nitrogen and oxygen atoms in total. The first kappa shape index (κ1) is 29.5. The molecule has 0 aliphatic heterocycles. The lowest BCUT2D eigenvalue weighted by molar-refractivity contribution is 0.669. The maximum absolute atomic E-state index is 9.63. The first-order chi connectivity index (χ1) is 25.7. The Labute approximate surface area is 298 Å². The molecule has 0 spiro atoms. The van der Waals surface area contributed by atoms with Gasteiger partial charge < -0.3 is 8.98 Å². The molecule has 3 aromatic heterocycles. The molecule has 7 aromatic carbocycles. The molecule has 52 heavy (non-hydrogen) atoms. The summed E-state index contributed by atoms with van der Waals surface area (Å²) in [5.74, 6) is 1.77. The molecule has 0 unspecified atom stereocenters. The van der Waals surface area contributed by atoms with Crippen LogP contribution in [0.2, 0.25) is 0 Å². The molecule has 0 saturated carbocycles. The van der Waals surface area contributed by atoms with Gasteiger partial charge in [-0.1, -0.05) is 109 Å². The summed E-state index contributed by atoms with van der Waals surface area (Å²) >= 11 is 0. The molecule has 0 aliphatic rings. The third kappa shape index (κ3) is 4.84. The lowest BCUT2D eigenvalue weighted by Crippen LogP contribution is -2.02. The number of furan rings is 1. The average Bonchev–Trinajstić information content (AvgIpc) is 3.75. The molecule has 3 heterocycles. The molecule has 0 saturated heterocycles. The zero-order chi connectivity index (χ0) is 34.6. The smallest absolute Gasteiger partial charge is 0.164 e. The molecule has 0 fully saturated rings. The van der Waals surface area contributed by atoms with E-state index in [1.807, 2.05) is 103 Å². The zero-order valence-corrected chi connectivity index (χ0v) is 27.7. The number of nitriles is 1. The Morgan fingerprint density at radius 1 is 0.442 bits per heavy atom. The molecule has 0 atom stereocenters. The predicted octanol–water partition coefficient (Wildman–Crippen LogP) is 11.4. The summed E-state index contributed by atoms with van der Waals surface area (Å²) in [7, 11) is 0. The molecule has 10 aromatic rings. The number of hydrogen-bond donors (Lipinski definition) is 0. The summed E-state index contributed by atoms with van der Waals surface area (Å²) in [6.45, 7) is 0. The Balaban J connectivity index is 1.24.